The molecule has 13 heavy (non-hydrogen) atoms. The molecular formula is C11H18N2. The van der Waals surface area contributed by atoms with Crippen LogP contribution in [0.5, 0.6) is 0 Å². The van der Waals surface area contributed by atoms with Gasteiger partial charge in [-0.05, 0) is 17.5 Å². The van der Waals surface area contributed by atoms with Crippen LogP contribution in [0, 0.1) is 0 Å². The average Bonchev–Trinajstić information content (AvgIpc) is 2.18. The maximum atomic E-state index is 5.99. The first kappa shape index (κ1) is 10.2. The predicted molar refractivity (Wildman–Crippen MR) is 56.2 cm³/mol. The number of nitrogens with two attached hydrogens (primary N) is 2. The fourth-order valence-corrected chi connectivity index (χ4v) is 1.43. The molecule has 0 aliphatic carbocycles. The van der Waals surface area contributed by atoms with Crippen molar-refractivity contribution in [2.45, 2.75) is 32.4 Å². The Bertz CT molecular complexity index is 258. The highest BCUT2D eigenvalue weighted by Gasteiger charge is 2.04. The van der Waals surface area contributed by atoms with Crippen molar-refractivity contribution in [3.63, 3.8) is 0 Å². The third-order valence-corrected chi connectivity index (χ3v) is 2.21. The molecule has 2 nitrogen and oxygen atoms in total. The molecular weight excluding hydrogens is 160 g/mol. The standard InChI is InChI=1S/C11H18N2/c1-2-4-11(13)10-6-3-5-9(7-10)8-12/h3,5-7,11H,2,4,8,12-13H2,1H3. The summed E-state index contributed by atoms with van der Waals surface area (Å²) in [5, 5.41) is 0. The monoisotopic (exact) mass is 178 g/mol. The first-order chi connectivity index (χ1) is 6.27. The molecule has 72 valence electrons. The van der Waals surface area contributed by atoms with Crippen molar-refractivity contribution in [2.75, 3.05) is 0 Å². The summed E-state index contributed by atoms with van der Waals surface area (Å²) in [5.41, 5.74) is 13.9. The zero-order chi connectivity index (χ0) is 9.68. The van der Waals surface area contributed by atoms with E-state index in [-0.39, 0.29) is 6.04 Å². The summed E-state index contributed by atoms with van der Waals surface area (Å²) in [6.07, 6.45) is 2.15. The molecule has 0 radical (unpaired) electrons. The van der Waals surface area contributed by atoms with Crippen LogP contribution in [0.4, 0.5) is 0 Å². The van der Waals surface area contributed by atoms with E-state index >= 15 is 0 Å². The van der Waals surface area contributed by atoms with Gasteiger partial charge in [-0.3, -0.25) is 0 Å². The van der Waals surface area contributed by atoms with E-state index in [1.165, 1.54) is 5.56 Å². The highest BCUT2D eigenvalue weighted by Crippen LogP contribution is 2.16. The van der Waals surface area contributed by atoms with Crippen molar-refractivity contribution >= 4 is 0 Å². The lowest BCUT2D eigenvalue weighted by Gasteiger charge is -2.11. The second kappa shape index (κ2) is 5.00. The number of hydrogen-bond donors (Lipinski definition) is 2. The minimum Gasteiger partial charge on any atom is -0.326 e. The molecule has 0 aliphatic rings. The van der Waals surface area contributed by atoms with E-state index in [0.717, 1.165) is 18.4 Å². The minimum absolute atomic E-state index is 0.163. The predicted octanol–water partition coefficient (Wildman–Crippen LogP) is 1.95. The lowest BCUT2D eigenvalue weighted by molar-refractivity contribution is 0.637. The van der Waals surface area contributed by atoms with Gasteiger partial charge in [-0.25, -0.2) is 0 Å². The maximum Gasteiger partial charge on any atom is 0.0294 e. The number of rotatable bonds is 4. The Morgan fingerprint density at radius 1 is 1.38 bits per heavy atom. The van der Waals surface area contributed by atoms with E-state index in [9.17, 15) is 0 Å². The second-order valence-electron chi connectivity index (χ2n) is 3.34. The van der Waals surface area contributed by atoms with E-state index in [1.54, 1.807) is 0 Å². The van der Waals surface area contributed by atoms with Gasteiger partial charge in [0.15, 0.2) is 0 Å². The average molecular weight is 178 g/mol. The Balaban J connectivity index is 2.75. The van der Waals surface area contributed by atoms with E-state index in [0.29, 0.717) is 6.54 Å². The van der Waals surface area contributed by atoms with Gasteiger partial charge in [0.25, 0.3) is 0 Å². The fourth-order valence-electron chi connectivity index (χ4n) is 1.43. The fraction of sp³-hybridized carbons (Fsp3) is 0.455. The van der Waals surface area contributed by atoms with Crippen molar-refractivity contribution in [3.8, 4) is 0 Å². The first-order valence-corrected chi connectivity index (χ1v) is 4.82. The minimum atomic E-state index is 0.163. The van der Waals surface area contributed by atoms with Gasteiger partial charge in [0.05, 0.1) is 0 Å². The van der Waals surface area contributed by atoms with E-state index in [1.807, 2.05) is 12.1 Å². The van der Waals surface area contributed by atoms with E-state index < -0.39 is 0 Å². The Morgan fingerprint density at radius 2 is 2.15 bits per heavy atom. The van der Waals surface area contributed by atoms with Crippen LogP contribution >= 0.6 is 0 Å². The molecule has 1 aromatic carbocycles. The van der Waals surface area contributed by atoms with Gasteiger partial charge in [0.2, 0.25) is 0 Å². The molecule has 2 heteroatoms. The first-order valence-electron chi connectivity index (χ1n) is 4.82. The van der Waals surface area contributed by atoms with Crippen LogP contribution in [0.25, 0.3) is 0 Å². The van der Waals surface area contributed by atoms with Gasteiger partial charge >= 0.3 is 0 Å². The largest absolute Gasteiger partial charge is 0.326 e. The molecule has 0 heterocycles. The van der Waals surface area contributed by atoms with Crippen LogP contribution in [-0.4, -0.2) is 0 Å². The molecule has 1 aromatic rings. The summed E-state index contributed by atoms with van der Waals surface area (Å²) < 4.78 is 0. The smallest absolute Gasteiger partial charge is 0.0294 e. The molecule has 0 aromatic heterocycles. The van der Waals surface area contributed by atoms with Gasteiger partial charge < -0.3 is 11.5 Å². The van der Waals surface area contributed by atoms with Crippen molar-refractivity contribution < 1.29 is 0 Å². The Morgan fingerprint density at radius 3 is 2.77 bits per heavy atom. The molecule has 4 N–H and O–H groups in total. The van der Waals surface area contributed by atoms with Gasteiger partial charge in [0.1, 0.15) is 0 Å². The zero-order valence-electron chi connectivity index (χ0n) is 8.16. The summed E-state index contributed by atoms with van der Waals surface area (Å²) in [4.78, 5) is 0. The summed E-state index contributed by atoms with van der Waals surface area (Å²) in [7, 11) is 0. The number of benzene rings is 1. The second-order valence-corrected chi connectivity index (χ2v) is 3.34. The van der Waals surface area contributed by atoms with Gasteiger partial charge in [0, 0.05) is 12.6 Å². The molecule has 0 amide bonds. The highest BCUT2D eigenvalue weighted by molar-refractivity contribution is 5.25. The van der Waals surface area contributed by atoms with Crippen molar-refractivity contribution in [1.82, 2.24) is 0 Å². The molecule has 0 spiro atoms. The molecule has 0 saturated heterocycles. The molecule has 1 rings (SSSR count). The van der Waals surface area contributed by atoms with Gasteiger partial charge in [-0.2, -0.15) is 0 Å². The van der Waals surface area contributed by atoms with E-state index in [2.05, 4.69) is 19.1 Å². The van der Waals surface area contributed by atoms with Crippen molar-refractivity contribution in [2.24, 2.45) is 11.5 Å². The van der Waals surface area contributed by atoms with Gasteiger partial charge in [-0.1, -0.05) is 37.6 Å². The molecule has 1 unspecified atom stereocenters. The summed E-state index contributed by atoms with van der Waals surface area (Å²) in [5.74, 6) is 0. The van der Waals surface area contributed by atoms with Crippen LogP contribution < -0.4 is 11.5 Å². The van der Waals surface area contributed by atoms with Crippen LogP contribution in [0.1, 0.15) is 36.9 Å². The lowest BCUT2D eigenvalue weighted by atomic mass is 10.0. The van der Waals surface area contributed by atoms with E-state index in [4.69, 9.17) is 11.5 Å². The maximum absolute atomic E-state index is 5.99. The molecule has 0 fully saturated rings. The quantitative estimate of drug-likeness (QED) is 0.740. The summed E-state index contributed by atoms with van der Waals surface area (Å²) >= 11 is 0. The van der Waals surface area contributed by atoms with Crippen LogP contribution in [0.15, 0.2) is 24.3 Å². The number of hydrogen-bond acceptors (Lipinski definition) is 2. The third kappa shape index (κ3) is 2.83. The van der Waals surface area contributed by atoms with Crippen molar-refractivity contribution in [1.29, 1.82) is 0 Å². The van der Waals surface area contributed by atoms with Crippen molar-refractivity contribution in [3.05, 3.63) is 35.4 Å². The highest BCUT2D eigenvalue weighted by atomic mass is 14.6. The molecule has 1 atom stereocenters. The molecule has 0 saturated carbocycles. The molecule has 0 aliphatic heterocycles. The topological polar surface area (TPSA) is 52.0 Å². The van der Waals surface area contributed by atoms with Crippen LogP contribution in [-0.2, 0) is 6.54 Å². The third-order valence-electron chi connectivity index (χ3n) is 2.21. The van der Waals surface area contributed by atoms with Crippen LogP contribution in [0.3, 0.4) is 0 Å². The summed E-state index contributed by atoms with van der Waals surface area (Å²) in [6.45, 7) is 2.74. The lowest BCUT2D eigenvalue weighted by Crippen LogP contribution is -2.10. The Hall–Kier alpha value is -0.860. The normalized spacial score (nSPS) is 12.8. The SMILES string of the molecule is CCCC(N)c1cccc(CN)c1. The molecule has 0 bridgehead atoms. The zero-order valence-corrected chi connectivity index (χ0v) is 8.16. The van der Waals surface area contributed by atoms with Crippen LogP contribution in [0.2, 0.25) is 0 Å². The Kier molecular flexibility index (Phi) is 3.93. The van der Waals surface area contributed by atoms with Gasteiger partial charge in [-0.15, -0.1) is 0 Å². The summed E-state index contributed by atoms with van der Waals surface area (Å²) in [6, 6.07) is 8.38. The Labute approximate surface area is 79.9 Å².